The second-order valence-corrected chi connectivity index (χ2v) is 4.37. The minimum atomic E-state index is -0.871. The number of fused-ring (bicyclic) bond motifs is 1. The lowest BCUT2D eigenvalue weighted by molar-refractivity contribution is -0.136. The first-order chi connectivity index (χ1) is 8.09. The number of carboxylic acid groups (broad SMARTS) is 1. The van der Waals surface area contributed by atoms with Crippen LogP contribution in [0.15, 0.2) is 16.9 Å². The lowest BCUT2D eigenvalue weighted by Gasteiger charge is -2.22. The molecule has 17 heavy (non-hydrogen) atoms. The van der Waals surface area contributed by atoms with E-state index in [1.165, 1.54) is 6.07 Å². The van der Waals surface area contributed by atoms with Crippen LogP contribution in [0.2, 0.25) is 0 Å². The lowest BCUT2D eigenvalue weighted by atomic mass is 10.1. The Kier molecular flexibility index (Phi) is 3.17. The van der Waals surface area contributed by atoms with Crippen LogP contribution in [-0.2, 0) is 17.8 Å². The van der Waals surface area contributed by atoms with Crippen molar-refractivity contribution in [3.63, 3.8) is 0 Å². The third-order valence-electron chi connectivity index (χ3n) is 3.06. The Morgan fingerprint density at radius 1 is 1.35 bits per heavy atom. The Hall–Kier alpha value is -1.78. The average Bonchev–Trinajstić information content (AvgIpc) is 2.45. The maximum absolute atomic E-state index is 11.8. The first-order valence-corrected chi connectivity index (χ1v) is 5.75. The van der Waals surface area contributed by atoms with E-state index in [1.54, 1.807) is 10.6 Å². The van der Waals surface area contributed by atoms with Crippen LogP contribution in [-0.4, -0.2) is 29.2 Å². The van der Waals surface area contributed by atoms with Crippen LogP contribution in [0.3, 0.4) is 0 Å². The van der Waals surface area contributed by atoms with Gasteiger partial charge in [-0.2, -0.15) is 0 Å². The molecule has 0 saturated heterocycles. The molecule has 1 N–H and O–H groups in total. The number of aliphatic carboxylic acids is 1. The molecule has 1 aliphatic rings. The van der Waals surface area contributed by atoms with Crippen molar-refractivity contribution in [3.05, 3.63) is 28.0 Å². The number of rotatable bonds is 2. The number of aromatic nitrogens is 1. The zero-order chi connectivity index (χ0) is 12.4. The van der Waals surface area contributed by atoms with Gasteiger partial charge >= 0.3 is 5.97 Å². The number of hydrogen-bond acceptors (Lipinski definition) is 3. The van der Waals surface area contributed by atoms with Crippen LogP contribution in [0.5, 0.6) is 0 Å². The van der Waals surface area contributed by atoms with Gasteiger partial charge in [-0.25, -0.2) is 0 Å². The molecule has 0 aromatic carbocycles. The van der Waals surface area contributed by atoms with E-state index in [0.29, 0.717) is 12.1 Å². The summed E-state index contributed by atoms with van der Waals surface area (Å²) in [5.74, 6) is -0.110. The van der Waals surface area contributed by atoms with Crippen LogP contribution in [0.25, 0.3) is 0 Å². The molecular formula is C12H16N2O3. The fourth-order valence-electron chi connectivity index (χ4n) is 2.31. The van der Waals surface area contributed by atoms with Gasteiger partial charge < -0.3 is 10.0 Å². The molecule has 0 bridgehead atoms. The Morgan fingerprint density at radius 3 is 2.76 bits per heavy atom. The summed E-state index contributed by atoms with van der Waals surface area (Å²) in [4.78, 5) is 24.6. The summed E-state index contributed by atoms with van der Waals surface area (Å²) in [7, 11) is 1.90. The van der Waals surface area contributed by atoms with Gasteiger partial charge in [-0.1, -0.05) is 0 Å². The van der Waals surface area contributed by atoms with Crippen molar-refractivity contribution in [1.29, 1.82) is 0 Å². The molecule has 1 aromatic rings. The molecule has 0 fully saturated rings. The highest BCUT2D eigenvalue weighted by molar-refractivity contribution is 5.72. The molecule has 0 atom stereocenters. The maximum Gasteiger partial charge on any atom is 0.307 e. The van der Waals surface area contributed by atoms with Gasteiger partial charge in [0.15, 0.2) is 0 Å². The predicted molar refractivity (Wildman–Crippen MR) is 64.5 cm³/mol. The van der Waals surface area contributed by atoms with Crippen molar-refractivity contribution in [2.45, 2.75) is 25.8 Å². The van der Waals surface area contributed by atoms with Gasteiger partial charge in [0.05, 0.1) is 6.42 Å². The van der Waals surface area contributed by atoms with Gasteiger partial charge in [0, 0.05) is 31.8 Å². The molecule has 0 unspecified atom stereocenters. The molecule has 0 radical (unpaired) electrons. The van der Waals surface area contributed by atoms with E-state index in [1.807, 2.05) is 11.9 Å². The average molecular weight is 236 g/mol. The summed E-state index contributed by atoms with van der Waals surface area (Å²) in [6, 6.07) is 3.09. The van der Waals surface area contributed by atoms with Crippen LogP contribution in [0, 0.1) is 0 Å². The number of pyridine rings is 1. The topological polar surface area (TPSA) is 62.5 Å². The van der Waals surface area contributed by atoms with Crippen LogP contribution in [0.1, 0.15) is 18.4 Å². The van der Waals surface area contributed by atoms with Crippen molar-refractivity contribution in [2.24, 2.45) is 0 Å². The van der Waals surface area contributed by atoms with Crippen molar-refractivity contribution in [2.75, 3.05) is 18.5 Å². The van der Waals surface area contributed by atoms with Crippen LogP contribution in [0.4, 0.5) is 5.82 Å². The van der Waals surface area contributed by atoms with Gasteiger partial charge in [-0.05, 0) is 18.9 Å². The van der Waals surface area contributed by atoms with Crippen molar-refractivity contribution >= 4 is 11.8 Å². The molecule has 1 aliphatic heterocycles. The number of anilines is 1. The summed E-state index contributed by atoms with van der Waals surface area (Å²) in [6.45, 7) is 1.53. The van der Waals surface area contributed by atoms with Gasteiger partial charge in [0.2, 0.25) is 0 Å². The molecule has 5 nitrogen and oxygen atoms in total. The zero-order valence-corrected chi connectivity index (χ0v) is 9.85. The quantitative estimate of drug-likeness (QED) is 0.821. The van der Waals surface area contributed by atoms with Crippen molar-refractivity contribution in [1.82, 2.24) is 4.57 Å². The fourth-order valence-corrected chi connectivity index (χ4v) is 2.31. The van der Waals surface area contributed by atoms with E-state index in [9.17, 15) is 9.59 Å². The van der Waals surface area contributed by atoms with Gasteiger partial charge in [0.25, 0.3) is 5.56 Å². The summed E-state index contributed by atoms with van der Waals surface area (Å²) in [5.41, 5.74) is 0.657. The highest BCUT2D eigenvalue weighted by Crippen LogP contribution is 2.22. The van der Waals surface area contributed by atoms with E-state index < -0.39 is 5.97 Å². The molecule has 2 heterocycles. The Morgan fingerprint density at radius 2 is 2.06 bits per heavy atom. The monoisotopic (exact) mass is 236 g/mol. The summed E-state index contributed by atoms with van der Waals surface area (Å²) < 4.78 is 1.69. The predicted octanol–water partition coefficient (Wildman–Crippen LogP) is 0.705. The molecule has 0 aliphatic carbocycles. The summed E-state index contributed by atoms with van der Waals surface area (Å²) in [6.07, 6.45) is 1.93. The van der Waals surface area contributed by atoms with Gasteiger partial charge in [-0.15, -0.1) is 0 Å². The summed E-state index contributed by atoms with van der Waals surface area (Å²) in [5, 5.41) is 8.89. The largest absolute Gasteiger partial charge is 0.481 e. The Balaban J connectivity index is 2.55. The molecular weight excluding hydrogens is 220 g/mol. The minimum Gasteiger partial charge on any atom is -0.481 e. The fraction of sp³-hybridized carbons (Fsp3) is 0.500. The van der Waals surface area contributed by atoms with Crippen LogP contribution >= 0.6 is 0 Å². The number of carbonyl (C=O) groups is 1. The Labute approximate surface area is 99.3 Å². The SMILES string of the molecule is CN1CCCCn2c1c(CC(=O)O)ccc2=O. The van der Waals surface area contributed by atoms with E-state index in [-0.39, 0.29) is 12.0 Å². The summed E-state index contributed by atoms with van der Waals surface area (Å²) >= 11 is 0. The highest BCUT2D eigenvalue weighted by atomic mass is 16.4. The maximum atomic E-state index is 11.8. The van der Waals surface area contributed by atoms with E-state index >= 15 is 0 Å². The molecule has 92 valence electrons. The number of nitrogens with zero attached hydrogens (tertiary/aromatic N) is 2. The number of carboxylic acids is 1. The van der Waals surface area contributed by atoms with E-state index in [0.717, 1.165) is 25.2 Å². The van der Waals surface area contributed by atoms with Crippen molar-refractivity contribution < 1.29 is 9.90 Å². The molecule has 5 heteroatoms. The molecule has 0 saturated carbocycles. The molecule has 0 amide bonds. The zero-order valence-electron chi connectivity index (χ0n) is 9.85. The normalized spacial score (nSPS) is 15.2. The van der Waals surface area contributed by atoms with Crippen LogP contribution < -0.4 is 10.5 Å². The Bertz CT molecular complexity index is 493. The first-order valence-electron chi connectivity index (χ1n) is 5.75. The minimum absolute atomic E-state index is 0.0417. The smallest absolute Gasteiger partial charge is 0.307 e. The highest BCUT2D eigenvalue weighted by Gasteiger charge is 2.18. The molecule has 0 spiro atoms. The lowest BCUT2D eigenvalue weighted by Crippen LogP contribution is -2.28. The van der Waals surface area contributed by atoms with Crippen molar-refractivity contribution in [3.8, 4) is 0 Å². The van der Waals surface area contributed by atoms with Gasteiger partial charge in [0.1, 0.15) is 5.82 Å². The number of hydrogen-bond donors (Lipinski definition) is 1. The van der Waals surface area contributed by atoms with E-state index in [2.05, 4.69) is 0 Å². The van der Waals surface area contributed by atoms with Gasteiger partial charge in [-0.3, -0.25) is 14.2 Å². The standard InChI is InChI=1S/C12H16N2O3/c1-13-6-2-3-7-14-10(15)5-4-9(12(13)14)8-11(16)17/h4-5H,2-3,6-8H2,1H3,(H,16,17). The third-order valence-corrected chi connectivity index (χ3v) is 3.06. The first kappa shape index (κ1) is 11.7. The second-order valence-electron chi connectivity index (χ2n) is 4.37. The molecule has 2 rings (SSSR count). The third kappa shape index (κ3) is 2.33. The second kappa shape index (κ2) is 4.61. The van der Waals surface area contributed by atoms with E-state index in [4.69, 9.17) is 5.11 Å². The molecule has 1 aromatic heterocycles.